The minimum atomic E-state index is -4.39. The third-order valence-corrected chi connectivity index (χ3v) is 5.66. The molecule has 0 atom stereocenters. The first-order chi connectivity index (χ1) is 15.2. The Bertz CT molecular complexity index is 1240. The van der Waals surface area contributed by atoms with E-state index in [1.807, 2.05) is 43.4 Å². The van der Waals surface area contributed by atoms with E-state index in [1.165, 1.54) is 11.9 Å². The highest BCUT2D eigenvalue weighted by molar-refractivity contribution is 6.34. The Kier molecular flexibility index (Phi) is 6.26. The number of likely N-dealkylation sites (N-methyl/N-ethyl adjacent to an activating group) is 1. The monoisotopic (exact) mass is 462 g/mol. The maximum absolute atomic E-state index is 13.2. The molecule has 0 N–H and O–H groups in total. The van der Waals surface area contributed by atoms with Gasteiger partial charge in [0.25, 0.3) is 0 Å². The Morgan fingerprint density at radius 3 is 2.47 bits per heavy atom. The number of aromatic nitrogens is 3. The molecule has 32 heavy (non-hydrogen) atoms. The van der Waals surface area contributed by atoms with Gasteiger partial charge in [-0.3, -0.25) is 0 Å². The van der Waals surface area contributed by atoms with Crippen LogP contribution in [-0.2, 0) is 19.5 Å². The summed E-state index contributed by atoms with van der Waals surface area (Å²) in [5, 5.41) is 0.642. The van der Waals surface area contributed by atoms with Gasteiger partial charge in [0.15, 0.2) is 5.15 Å². The van der Waals surface area contributed by atoms with Gasteiger partial charge < -0.3 is 14.2 Å². The van der Waals surface area contributed by atoms with Gasteiger partial charge in [0.05, 0.1) is 12.6 Å². The summed E-state index contributed by atoms with van der Waals surface area (Å²) in [7, 11) is 3.65. The van der Waals surface area contributed by atoms with Crippen LogP contribution in [0, 0.1) is 0 Å². The molecular weight excluding hydrogens is 441 g/mol. The van der Waals surface area contributed by atoms with Crippen LogP contribution < -0.4 is 4.74 Å². The third-order valence-electron chi connectivity index (χ3n) is 5.39. The molecule has 2 aromatic heterocycles. The molecule has 0 spiro atoms. The number of ether oxygens (including phenoxy) is 1. The third kappa shape index (κ3) is 4.81. The maximum Gasteiger partial charge on any atom is 0.406 e. The highest BCUT2D eigenvalue weighted by atomic mass is 35.5. The van der Waals surface area contributed by atoms with Crippen molar-refractivity contribution >= 4 is 33.5 Å². The smallest absolute Gasteiger partial charge is 0.406 e. The molecule has 4 rings (SSSR count). The number of hydrogen-bond acceptors (Lipinski definition) is 4. The summed E-state index contributed by atoms with van der Waals surface area (Å²) in [4.78, 5) is 10.3. The molecule has 0 amide bonds. The van der Waals surface area contributed by atoms with Crippen LogP contribution >= 0.6 is 11.6 Å². The van der Waals surface area contributed by atoms with Crippen molar-refractivity contribution in [2.24, 2.45) is 0 Å². The molecule has 2 aromatic carbocycles. The van der Waals surface area contributed by atoms with E-state index in [1.54, 1.807) is 13.2 Å². The first-order valence-corrected chi connectivity index (χ1v) is 10.4. The Morgan fingerprint density at radius 2 is 1.78 bits per heavy atom. The zero-order valence-corrected chi connectivity index (χ0v) is 18.4. The molecule has 0 aliphatic heterocycles. The lowest BCUT2D eigenvalue weighted by molar-refractivity contribution is -0.139. The zero-order valence-electron chi connectivity index (χ0n) is 17.7. The molecule has 168 valence electrons. The van der Waals surface area contributed by atoms with Gasteiger partial charge in [-0.05, 0) is 48.9 Å². The van der Waals surface area contributed by atoms with Crippen molar-refractivity contribution in [2.45, 2.75) is 25.7 Å². The molecule has 0 saturated heterocycles. The number of methoxy groups -OCH3 is 1. The van der Waals surface area contributed by atoms with Crippen LogP contribution in [0.25, 0.3) is 21.9 Å². The fraction of sp³-hybridized carbons (Fsp3) is 0.304. The average Bonchev–Trinajstić information content (AvgIpc) is 3.05. The van der Waals surface area contributed by atoms with Crippen LogP contribution in [0.1, 0.15) is 11.1 Å². The van der Waals surface area contributed by atoms with Crippen molar-refractivity contribution in [3.8, 4) is 5.75 Å². The number of rotatable bonds is 7. The zero-order chi connectivity index (χ0) is 22.9. The van der Waals surface area contributed by atoms with Crippen LogP contribution in [0.4, 0.5) is 13.2 Å². The molecule has 0 bridgehead atoms. The summed E-state index contributed by atoms with van der Waals surface area (Å²) >= 11 is 6.15. The highest BCUT2D eigenvalue weighted by Crippen LogP contribution is 2.34. The Labute approximate surface area is 188 Å². The van der Waals surface area contributed by atoms with Gasteiger partial charge >= 0.3 is 6.18 Å². The number of fused-ring (bicyclic) bond motifs is 3. The quantitative estimate of drug-likeness (QED) is 0.341. The largest absolute Gasteiger partial charge is 0.497 e. The van der Waals surface area contributed by atoms with Crippen molar-refractivity contribution < 1.29 is 17.9 Å². The predicted molar refractivity (Wildman–Crippen MR) is 119 cm³/mol. The summed E-state index contributed by atoms with van der Waals surface area (Å²) in [6.07, 6.45) is -2.25. The van der Waals surface area contributed by atoms with Crippen molar-refractivity contribution in [3.05, 3.63) is 65.1 Å². The molecule has 0 unspecified atom stereocenters. The molecular formula is C23H22ClF3N4O. The van der Waals surface area contributed by atoms with E-state index in [2.05, 4.69) is 14.9 Å². The fourth-order valence-electron chi connectivity index (χ4n) is 3.87. The van der Waals surface area contributed by atoms with Gasteiger partial charge in [0, 0.05) is 18.5 Å². The summed E-state index contributed by atoms with van der Waals surface area (Å²) in [5.74, 6) is 0.823. The van der Waals surface area contributed by atoms with E-state index in [9.17, 15) is 13.2 Å². The van der Waals surface area contributed by atoms with Crippen LogP contribution in [0.5, 0.6) is 5.75 Å². The molecule has 9 heteroatoms. The van der Waals surface area contributed by atoms with E-state index < -0.39 is 12.7 Å². The SMILES string of the molecule is COc1ccc(CCN(C)Cc2ccc3c(c2)c2ncnc(Cl)c2n3CC(F)(F)F)cc1. The summed E-state index contributed by atoms with van der Waals surface area (Å²) < 4.78 is 45.9. The summed E-state index contributed by atoms with van der Waals surface area (Å²) in [6.45, 7) is 0.326. The van der Waals surface area contributed by atoms with Crippen LogP contribution in [0.2, 0.25) is 5.15 Å². The molecule has 0 fully saturated rings. The van der Waals surface area contributed by atoms with Crippen molar-refractivity contribution in [1.82, 2.24) is 19.4 Å². The fourth-order valence-corrected chi connectivity index (χ4v) is 4.10. The van der Waals surface area contributed by atoms with Crippen molar-refractivity contribution in [3.63, 3.8) is 0 Å². The van der Waals surface area contributed by atoms with Crippen LogP contribution in [-0.4, -0.2) is 46.3 Å². The lowest BCUT2D eigenvalue weighted by Crippen LogP contribution is -2.20. The Hall–Kier alpha value is -2.84. The minimum absolute atomic E-state index is 0.00797. The second kappa shape index (κ2) is 8.96. The number of halogens is 4. The second-order valence-corrected chi connectivity index (χ2v) is 8.11. The topological polar surface area (TPSA) is 43.2 Å². The van der Waals surface area contributed by atoms with E-state index in [0.29, 0.717) is 23.0 Å². The molecule has 0 aliphatic rings. The summed E-state index contributed by atoms with van der Waals surface area (Å²) in [5.41, 5.74) is 3.24. The molecule has 4 aromatic rings. The minimum Gasteiger partial charge on any atom is -0.497 e. The van der Waals surface area contributed by atoms with Gasteiger partial charge in [0.1, 0.15) is 29.7 Å². The van der Waals surface area contributed by atoms with Gasteiger partial charge in [-0.25, -0.2) is 9.97 Å². The Morgan fingerprint density at radius 1 is 1.06 bits per heavy atom. The standard InChI is InChI=1S/C23H22ClF3N4O/c1-30(10-9-15-3-6-17(32-2)7-4-15)12-16-5-8-19-18(11-16)20-21(22(24)29-14-28-20)31(19)13-23(25,26)27/h3-8,11,14H,9-10,12-13H2,1-2H3. The predicted octanol–water partition coefficient (Wildman–Crippen LogP) is 5.48. The molecule has 2 heterocycles. The van der Waals surface area contributed by atoms with E-state index in [-0.39, 0.29) is 10.7 Å². The van der Waals surface area contributed by atoms with E-state index in [4.69, 9.17) is 16.3 Å². The van der Waals surface area contributed by atoms with Gasteiger partial charge in [0.2, 0.25) is 0 Å². The second-order valence-electron chi connectivity index (χ2n) is 7.75. The molecule has 0 aliphatic carbocycles. The number of hydrogen-bond donors (Lipinski definition) is 0. The van der Waals surface area contributed by atoms with Gasteiger partial charge in [-0.2, -0.15) is 13.2 Å². The Balaban J connectivity index is 1.57. The van der Waals surface area contributed by atoms with Gasteiger partial charge in [-0.15, -0.1) is 0 Å². The van der Waals surface area contributed by atoms with Crippen LogP contribution in [0.3, 0.4) is 0 Å². The lowest BCUT2D eigenvalue weighted by Gasteiger charge is -2.17. The first-order valence-electron chi connectivity index (χ1n) is 10.0. The number of nitrogens with zero attached hydrogens (tertiary/aromatic N) is 4. The number of alkyl halides is 3. The van der Waals surface area contributed by atoms with Gasteiger partial charge in [-0.1, -0.05) is 29.8 Å². The van der Waals surface area contributed by atoms with E-state index in [0.717, 1.165) is 28.8 Å². The highest BCUT2D eigenvalue weighted by Gasteiger charge is 2.30. The van der Waals surface area contributed by atoms with Crippen LogP contribution in [0.15, 0.2) is 48.8 Å². The normalized spacial score (nSPS) is 12.2. The summed E-state index contributed by atoms with van der Waals surface area (Å²) in [6, 6.07) is 13.4. The van der Waals surface area contributed by atoms with E-state index >= 15 is 0 Å². The first kappa shape index (κ1) is 22.4. The van der Waals surface area contributed by atoms with Crippen molar-refractivity contribution in [2.75, 3.05) is 20.7 Å². The molecule has 0 radical (unpaired) electrons. The van der Waals surface area contributed by atoms with Crippen molar-refractivity contribution in [1.29, 1.82) is 0 Å². The maximum atomic E-state index is 13.2. The molecule has 5 nitrogen and oxygen atoms in total. The average molecular weight is 463 g/mol. The number of benzene rings is 2. The molecule has 0 saturated carbocycles. The lowest BCUT2D eigenvalue weighted by atomic mass is 10.1.